The minimum Gasteiger partial charge on any atom is -0.454 e. The molecule has 0 bridgehead atoms. The number of halogens is 3. The van der Waals surface area contributed by atoms with E-state index in [1.54, 1.807) is 24.3 Å². The van der Waals surface area contributed by atoms with Gasteiger partial charge in [0, 0.05) is 5.69 Å². The van der Waals surface area contributed by atoms with Gasteiger partial charge >= 0.3 is 6.18 Å². The number of hydrogen-bond acceptors (Lipinski definition) is 3. The summed E-state index contributed by atoms with van der Waals surface area (Å²) in [7, 11) is 0. The predicted octanol–water partition coefficient (Wildman–Crippen LogP) is 6.89. The first-order chi connectivity index (χ1) is 16.2. The molecule has 5 rings (SSSR count). The summed E-state index contributed by atoms with van der Waals surface area (Å²) in [6, 6.07) is 16.5. The molecule has 1 aliphatic heterocycles. The zero-order valence-electron chi connectivity index (χ0n) is 18.8. The van der Waals surface area contributed by atoms with Crippen molar-refractivity contribution in [2.45, 2.75) is 44.2 Å². The van der Waals surface area contributed by atoms with Gasteiger partial charge in [0.2, 0.25) is 12.7 Å². The zero-order valence-corrected chi connectivity index (χ0v) is 18.8. The third-order valence-corrected chi connectivity index (χ3v) is 6.52. The third kappa shape index (κ3) is 4.00. The van der Waals surface area contributed by atoms with Gasteiger partial charge in [0.1, 0.15) is 0 Å². The highest BCUT2D eigenvalue weighted by atomic mass is 19.4. The Morgan fingerprint density at radius 2 is 1.71 bits per heavy atom. The molecule has 0 saturated heterocycles. The highest BCUT2D eigenvalue weighted by molar-refractivity contribution is 6.02. The lowest BCUT2D eigenvalue weighted by Gasteiger charge is -2.19. The van der Waals surface area contributed by atoms with Crippen molar-refractivity contribution >= 4 is 11.6 Å². The second-order valence-corrected chi connectivity index (χ2v) is 9.14. The van der Waals surface area contributed by atoms with Crippen molar-refractivity contribution in [3.63, 3.8) is 0 Å². The Hall–Kier alpha value is -3.48. The molecule has 1 amide bonds. The highest BCUT2D eigenvalue weighted by Crippen LogP contribution is 2.51. The van der Waals surface area contributed by atoms with Gasteiger partial charge in [-0.1, -0.05) is 44.2 Å². The fourth-order valence-corrected chi connectivity index (χ4v) is 4.50. The van der Waals surface area contributed by atoms with Crippen molar-refractivity contribution in [1.82, 2.24) is 0 Å². The number of carbonyl (C=O) groups is 1. The maximum absolute atomic E-state index is 13.8. The van der Waals surface area contributed by atoms with Crippen LogP contribution < -0.4 is 14.8 Å². The van der Waals surface area contributed by atoms with Crippen LogP contribution in [0.3, 0.4) is 0 Å². The molecular weight excluding hydrogens is 443 g/mol. The zero-order chi connectivity index (χ0) is 24.1. The van der Waals surface area contributed by atoms with Crippen LogP contribution in [-0.4, -0.2) is 12.7 Å². The molecule has 176 valence electrons. The number of nitrogens with one attached hydrogen (secondary N) is 1. The van der Waals surface area contributed by atoms with Gasteiger partial charge in [-0.25, -0.2) is 0 Å². The quantitative estimate of drug-likeness (QED) is 0.444. The highest BCUT2D eigenvalue weighted by Gasteiger charge is 2.51. The van der Waals surface area contributed by atoms with Crippen molar-refractivity contribution < 1.29 is 27.4 Å². The normalized spacial score (nSPS) is 15.9. The van der Waals surface area contributed by atoms with Crippen LogP contribution in [0.4, 0.5) is 18.9 Å². The Labute approximate surface area is 195 Å². The Morgan fingerprint density at radius 1 is 0.971 bits per heavy atom. The number of rotatable bonds is 5. The Kier molecular flexibility index (Phi) is 5.30. The van der Waals surface area contributed by atoms with Crippen molar-refractivity contribution in [2.24, 2.45) is 0 Å². The molecule has 0 spiro atoms. The minimum atomic E-state index is -4.54. The molecule has 1 saturated carbocycles. The lowest BCUT2D eigenvalue weighted by molar-refractivity contribution is -0.137. The second kappa shape index (κ2) is 8.08. The van der Waals surface area contributed by atoms with Gasteiger partial charge in [-0.15, -0.1) is 0 Å². The van der Waals surface area contributed by atoms with Gasteiger partial charge in [-0.3, -0.25) is 4.79 Å². The molecule has 4 nitrogen and oxygen atoms in total. The maximum atomic E-state index is 13.8. The number of alkyl halides is 3. The molecule has 3 aromatic carbocycles. The second-order valence-electron chi connectivity index (χ2n) is 9.14. The maximum Gasteiger partial charge on any atom is 0.416 e. The van der Waals surface area contributed by atoms with Crippen LogP contribution in [0.1, 0.15) is 49.3 Å². The summed E-state index contributed by atoms with van der Waals surface area (Å²) in [4.78, 5) is 13.3. The molecule has 0 unspecified atom stereocenters. The van der Waals surface area contributed by atoms with Crippen molar-refractivity contribution in [1.29, 1.82) is 0 Å². The largest absolute Gasteiger partial charge is 0.454 e. The van der Waals surface area contributed by atoms with E-state index in [0.717, 1.165) is 28.8 Å². The Bertz CT molecular complexity index is 1260. The third-order valence-electron chi connectivity index (χ3n) is 6.52. The van der Waals surface area contributed by atoms with Gasteiger partial charge in [-0.05, 0) is 71.3 Å². The average molecular weight is 467 g/mol. The van der Waals surface area contributed by atoms with E-state index in [2.05, 4.69) is 5.32 Å². The van der Waals surface area contributed by atoms with E-state index < -0.39 is 17.2 Å². The molecule has 1 heterocycles. The molecule has 1 N–H and O–H groups in total. The van der Waals surface area contributed by atoms with E-state index in [-0.39, 0.29) is 24.3 Å². The summed E-state index contributed by atoms with van der Waals surface area (Å²) in [5.41, 5.74) is 1.39. The standard InChI is InChI=1S/C27H24F3NO3/c1-16(2)21-5-3-4-6-22(21)17-11-19(27(28,29)30)13-20(12-17)31-25(32)26(9-10-26)18-7-8-23-24(14-18)34-15-33-23/h3-8,11-14,16H,9-10,15H2,1-2H3,(H,31,32). The summed E-state index contributed by atoms with van der Waals surface area (Å²) >= 11 is 0. The van der Waals surface area contributed by atoms with Gasteiger partial charge in [0.05, 0.1) is 11.0 Å². The number of carbonyl (C=O) groups excluding carboxylic acids is 1. The average Bonchev–Trinajstić information content (AvgIpc) is 3.49. The van der Waals surface area contributed by atoms with Gasteiger partial charge in [0.15, 0.2) is 11.5 Å². The molecule has 7 heteroatoms. The SMILES string of the molecule is CC(C)c1ccccc1-c1cc(NC(=O)C2(c3ccc4c(c3)OCO4)CC2)cc(C(F)(F)F)c1. The summed E-state index contributed by atoms with van der Waals surface area (Å²) < 4.78 is 52.0. The first kappa shape index (κ1) is 22.3. The van der Waals surface area contributed by atoms with Crippen LogP contribution in [0, 0.1) is 0 Å². The number of fused-ring (bicyclic) bond motifs is 1. The first-order valence-corrected chi connectivity index (χ1v) is 11.2. The van der Waals surface area contributed by atoms with Crippen LogP contribution in [0.15, 0.2) is 60.7 Å². The van der Waals surface area contributed by atoms with Gasteiger partial charge in [-0.2, -0.15) is 13.2 Å². The van der Waals surface area contributed by atoms with Gasteiger partial charge in [0.25, 0.3) is 0 Å². The molecule has 1 fully saturated rings. The lowest BCUT2D eigenvalue weighted by atomic mass is 9.91. The summed E-state index contributed by atoms with van der Waals surface area (Å²) in [5, 5.41) is 2.77. The van der Waals surface area contributed by atoms with E-state index >= 15 is 0 Å². The number of hydrogen-bond donors (Lipinski definition) is 1. The van der Waals surface area contributed by atoms with Crippen LogP contribution in [0.25, 0.3) is 11.1 Å². The number of ether oxygens (including phenoxy) is 2. The van der Waals surface area contributed by atoms with E-state index in [4.69, 9.17) is 9.47 Å². The van der Waals surface area contributed by atoms with Crippen molar-refractivity contribution in [3.8, 4) is 22.6 Å². The molecule has 2 aliphatic rings. The number of benzene rings is 3. The molecule has 34 heavy (non-hydrogen) atoms. The lowest BCUT2D eigenvalue weighted by Crippen LogP contribution is -2.28. The van der Waals surface area contributed by atoms with Crippen LogP contribution in [-0.2, 0) is 16.4 Å². The molecular formula is C27H24F3NO3. The van der Waals surface area contributed by atoms with E-state index in [1.165, 1.54) is 0 Å². The summed E-state index contributed by atoms with van der Waals surface area (Å²) in [6.07, 6.45) is -3.32. The van der Waals surface area contributed by atoms with Crippen molar-refractivity contribution in [2.75, 3.05) is 12.1 Å². The van der Waals surface area contributed by atoms with E-state index in [1.807, 2.05) is 38.1 Å². The molecule has 1 aliphatic carbocycles. The number of amides is 1. The first-order valence-electron chi connectivity index (χ1n) is 11.2. The smallest absolute Gasteiger partial charge is 0.416 e. The van der Waals surface area contributed by atoms with E-state index in [9.17, 15) is 18.0 Å². The topological polar surface area (TPSA) is 47.6 Å². The monoisotopic (exact) mass is 467 g/mol. The minimum absolute atomic E-state index is 0.125. The van der Waals surface area contributed by atoms with Crippen LogP contribution in [0.5, 0.6) is 11.5 Å². The predicted molar refractivity (Wildman–Crippen MR) is 123 cm³/mol. The molecule has 0 atom stereocenters. The molecule has 3 aromatic rings. The fourth-order valence-electron chi connectivity index (χ4n) is 4.50. The Balaban J connectivity index is 1.50. The Morgan fingerprint density at radius 3 is 2.41 bits per heavy atom. The molecule has 0 aromatic heterocycles. The summed E-state index contributed by atoms with van der Waals surface area (Å²) in [5.74, 6) is 0.993. The van der Waals surface area contributed by atoms with Crippen LogP contribution >= 0.6 is 0 Å². The molecule has 0 radical (unpaired) electrons. The number of anilines is 1. The fraction of sp³-hybridized carbons (Fsp3) is 0.296. The van der Waals surface area contributed by atoms with E-state index in [0.29, 0.717) is 29.9 Å². The van der Waals surface area contributed by atoms with Crippen molar-refractivity contribution in [3.05, 3.63) is 77.4 Å². The van der Waals surface area contributed by atoms with Crippen LogP contribution in [0.2, 0.25) is 0 Å². The summed E-state index contributed by atoms with van der Waals surface area (Å²) in [6.45, 7) is 4.12. The van der Waals surface area contributed by atoms with Gasteiger partial charge < -0.3 is 14.8 Å².